The Morgan fingerprint density at radius 2 is 2.24 bits per heavy atom. The first-order valence-corrected chi connectivity index (χ1v) is 9.00. The van der Waals surface area contributed by atoms with Crippen molar-refractivity contribution in [3.63, 3.8) is 0 Å². The highest BCUT2D eigenvalue weighted by atomic mass is 16.2. The number of pyridine rings is 1. The van der Waals surface area contributed by atoms with Crippen molar-refractivity contribution in [3.8, 4) is 0 Å². The first kappa shape index (κ1) is 17.4. The van der Waals surface area contributed by atoms with Gasteiger partial charge >= 0.3 is 6.03 Å². The lowest BCUT2D eigenvalue weighted by Gasteiger charge is -2.26. The summed E-state index contributed by atoms with van der Waals surface area (Å²) < 4.78 is 1.92. The van der Waals surface area contributed by atoms with Crippen LogP contribution >= 0.6 is 0 Å². The molecule has 134 valence electrons. The van der Waals surface area contributed by atoms with Gasteiger partial charge < -0.3 is 10.6 Å². The van der Waals surface area contributed by atoms with Crippen molar-refractivity contribution in [3.05, 3.63) is 41.7 Å². The number of nitrogens with one attached hydrogen (secondary N) is 2. The minimum atomic E-state index is -0.191. The van der Waals surface area contributed by atoms with Crippen molar-refractivity contribution in [2.45, 2.75) is 58.7 Å². The lowest BCUT2D eigenvalue weighted by Crippen LogP contribution is -2.43. The smallest absolute Gasteiger partial charge is 0.315 e. The van der Waals surface area contributed by atoms with Gasteiger partial charge in [0.15, 0.2) is 5.82 Å². The maximum atomic E-state index is 12.6. The number of rotatable bonds is 5. The molecule has 0 aromatic carbocycles. The Bertz CT molecular complexity index is 712. The van der Waals surface area contributed by atoms with Crippen LogP contribution in [0.3, 0.4) is 0 Å². The van der Waals surface area contributed by atoms with E-state index in [0.29, 0.717) is 0 Å². The van der Waals surface area contributed by atoms with Crippen LogP contribution in [0.5, 0.6) is 0 Å². The standard InChI is InChI=1S/C18H26N6O/c1-4-15-21-17-14(9-7-11-24(17)23-15)20-18(25)22-16(12(2)3)13-8-5-6-10-19-13/h5-6,8,10,12,14,16H,4,7,9,11H2,1-3H3,(H2,20,22,25)/t14-,16+/m0/s1. The van der Waals surface area contributed by atoms with E-state index < -0.39 is 0 Å². The average molecular weight is 342 g/mol. The van der Waals surface area contributed by atoms with Gasteiger partial charge in [-0.25, -0.2) is 14.5 Å². The van der Waals surface area contributed by atoms with Gasteiger partial charge in [-0.3, -0.25) is 4.98 Å². The summed E-state index contributed by atoms with van der Waals surface area (Å²) in [5.41, 5.74) is 0.868. The van der Waals surface area contributed by atoms with Crippen molar-refractivity contribution in [1.82, 2.24) is 30.4 Å². The molecule has 0 saturated carbocycles. The second kappa shape index (κ2) is 7.63. The average Bonchev–Trinajstić information content (AvgIpc) is 3.04. The molecular formula is C18H26N6O. The fourth-order valence-corrected chi connectivity index (χ4v) is 3.17. The van der Waals surface area contributed by atoms with E-state index in [4.69, 9.17) is 0 Å². The van der Waals surface area contributed by atoms with Crippen LogP contribution in [0, 0.1) is 5.92 Å². The van der Waals surface area contributed by atoms with Gasteiger partial charge in [-0.1, -0.05) is 26.8 Å². The number of carbonyl (C=O) groups excluding carboxylic acids is 1. The zero-order chi connectivity index (χ0) is 17.8. The molecule has 25 heavy (non-hydrogen) atoms. The largest absolute Gasteiger partial charge is 0.330 e. The van der Waals surface area contributed by atoms with Crippen LogP contribution in [0.15, 0.2) is 24.4 Å². The maximum absolute atomic E-state index is 12.6. The summed E-state index contributed by atoms with van der Waals surface area (Å²) in [7, 11) is 0. The van der Waals surface area contributed by atoms with Gasteiger partial charge in [-0.15, -0.1) is 0 Å². The van der Waals surface area contributed by atoms with Crippen molar-refractivity contribution in [1.29, 1.82) is 0 Å². The van der Waals surface area contributed by atoms with Gasteiger partial charge in [0.2, 0.25) is 0 Å². The molecule has 0 fully saturated rings. The van der Waals surface area contributed by atoms with Crippen molar-refractivity contribution >= 4 is 6.03 Å². The molecule has 3 rings (SSSR count). The number of hydrogen-bond acceptors (Lipinski definition) is 4. The number of carbonyl (C=O) groups is 1. The molecule has 7 heteroatoms. The summed E-state index contributed by atoms with van der Waals surface area (Å²) in [4.78, 5) is 21.5. The number of urea groups is 1. The highest BCUT2D eigenvalue weighted by Gasteiger charge is 2.27. The van der Waals surface area contributed by atoms with E-state index in [9.17, 15) is 4.79 Å². The Morgan fingerprint density at radius 1 is 1.40 bits per heavy atom. The molecule has 0 radical (unpaired) electrons. The molecule has 3 heterocycles. The zero-order valence-electron chi connectivity index (χ0n) is 15.1. The van der Waals surface area contributed by atoms with Crippen LogP contribution in [-0.2, 0) is 13.0 Å². The molecule has 1 aliphatic rings. The lowest BCUT2D eigenvalue weighted by molar-refractivity contribution is 0.224. The van der Waals surface area contributed by atoms with Crippen molar-refractivity contribution in [2.75, 3.05) is 0 Å². The first-order valence-electron chi connectivity index (χ1n) is 9.00. The number of fused-ring (bicyclic) bond motifs is 1. The van der Waals surface area contributed by atoms with Crippen LogP contribution < -0.4 is 10.6 Å². The first-order chi connectivity index (χ1) is 12.1. The normalized spacial score (nSPS) is 17.8. The van der Waals surface area contributed by atoms with Crippen LogP contribution in [0.2, 0.25) is 0 Å². The molecule has 2 aromatic rings. The molecule has 7 nitrogen and oxygen atoms in total. The Hall–Kier alpha value is -2.44. The van der Waals surface area contributed by atoms with Gasteiger partial charge in [0.05, 0.1) is 17.8 Å². The number of hydrogen-bond donors (Lipinski definition) is 2. The zero-order valence-corrected chi connectivity index (χ0v) is 15.1. The molecule has 2 atom stereocenters. The third-order valence-electron chi connectivity index (χ3n) is 4.50. The molecule has 0 spiro atoms. The fourth-order valence-electron chi connectivity index (χ4n) is 3.17. The summed E-state index contributed by atoms with van der Waals surface area (Å²) in [6.07, 6.45) is 4.41. The van der Waals surface area contributed by atoms with Crippen LogP contribution in [0.4, 0.5) is 4.79 Å². The van der Waals surface area contributed by atoms with Crippen molar-refractivity contribution in [2.24, 2.45) is 5.92 Å². The Labute approximate surface area is 148 Å². The molecule has 0 saturated heterocycles. The summed E-state index contributed by atoms with van der Waals surface area (Å²) in [5, 5.41) is 10.6. The predicted octanol–water partition coefficient (Wildman–Crippen LogP) is 2.77. The third kappa shape index (κ3) is 3.97. The van der Waals surface area contributed by atoms with E-state index in [1.807, 2.05) is 29.8 Å². The van der Waals surface area contributed by atoms with Gasteiger partial charge in [-0.2, -0.15) is 5.10 Å². The predicted molar refractivity (Wildman–Crippen MR) is 94.9 cm³/mol. The summed E-state index contributed by atoms with van der Waals surface area (Å²) in [5.74, 6) is 1.93. The van der Waals surface area contributed by atoms with Crippen molar-refractivity contribution < 1.29 is 4.79 Å². The summed E-state index contributed by atoms with van der Waals surface area (Å²) in [6, 6.07) is 5.33. The highest BCUT2D eigenvalue weighted by molar-refractivity contribution is 5.74. The second-order valence-electron chi connectivity index (χ2n) is 6.75. The van der Waals surface area contributed by atoms with E-state index in [1.54, 1.807) is 6.20 Å². The molecule has 0 aliphatic carbocycles. The Morgan fingerprint density at radius 3 is 2.92 bits per heavy atom. The molecule has 2 aromatic heterocycles. The minimum Gasteiger partial charge on any atom is -0.330 e. The van der Waals surface area contributed by atoms with Crippen LogP contribution in [0.25, 0.3) is 0 Å². The SMILES string of the molecule is CCc1nc2n(n1)CCC[C@@H]2NC(=O)N[C@@H](c1ccccn1)C(C)C. The molecule has 2 amide bonds. The molecule has 0 bridgehead atoms. The molecule has 0 unspecified atom stereocenters. The minimum absolute atomic E-state index is 0.0990. The van der Waals surface area contributed by atoms with Gasteiger partial charge in [0, 0.05) is 19.2 Å². The Kier molecular flexibility index (Phi) is 5.31. The highest BCUT2D eigenvalue weighted by Crippen LogP contribution is 2.24. The van der Waals surface area contributed by atoms with E-state index in [1.165, 1.54) is 0 Å². The van der Waals surface area contributed by atoms with E-state index in [2.05, 4.69) is 39.5 Å². The molecular weight excluding hydrogens is 316 g/mol. The Balaban J connectivity index is 1.69. The molecule has 1 aliphatic heterocycles. The topological polar surface area (TPSA) is 84.7 Å². The molecule has 2 N–H and O–H groups in total. The second-order valence-corrected chi connectivity index (χ2v) is 6.75. The van der Waals surface area contributed by atoms with Gasteiger partial charge in [-0.05, 0) is 30.9 Å². The summed E-state index contributed by atoms with van der Waals surface area (Å²) >= 11 is 0. The third-order valence-corrected chi connectivity index (χ3v) is 4.50. The number of nitrogens with zero attached hydrogens (tertiary/aromatic N) is 4. The van der Waals surface area contributed by atoms with Crippen LogP contribution in [-0.4, -0.2) is 25.8 Å². The van der Waals surface area contributed by atoms with Crippen LogP contribution in [0.1, 0.15) is 63.0 Å². The van der Waals surface area contributed by atoms with E-state index >= 15 is 0 Å². The van der Waals surface area contributed by atoms with E-state index in [0.717, 1.165) is 43.1 Å². The fraction of sp³-hybridized carbons (Fsp3) is 0.556. The number of amides is 2. The number of aromatic nitrogens is 4. The van der Waals surface area contributed by atoms with Gasteiger partial charge in [0.25, 0.3) is 0 Å². The summed E-state index contributed by atoms with van der Waals surface area (Å²) in [6.45, 7) is 7.05. The van der Waals surface area contributed by atoms with Gasteiger partial charge in [0.1, 0.15) is 5.82 Å². The quantitative estimate of drug-likeness (QED) is 0.875. The van der Waals surface area contributed by atoms with E-state index in [-0.39, 0.29) is 24.0 Å². The maximum Gasteiger partial charge on any atom is 0.315 e. The number of aryl methyl sites for hydroxylation is 2. The lowest BCUT2D eigenvalue weighted by atomic mass is 10.0. The monoisotopic (exact) mass is 342 g/mol.